The maximum Gasteiger partial charge on any atom is 0.410 e. The topological polar surface area (TPSA) is 51.1 Å². The Balaban J connectivity index is 1.48. The second-order valence-electron chi connectivity index (χ2n) is 6.77. The van der Waals surface area contributed by atoms with Crippen LogP contribution >= 0.6 is 11.8 Å². The third kappa shape index (κ3) is 3.48. The zero-order valence-corrected chi connectivity index (χ0v) is 14.2. The predicted molar refractivity (Wildman–Crippen MR) is 88.2 cm³/mol. The number of aliphatic imine (C=N–C) groups is 1. The lowest BCUT2D eigenvalue weighted by Crippen LogP contribution is -2.55. The molecule has 1 amide bonds. The summed E-state index contributed by atoms with van der Waals surface area (Å²) < 4.78 is 11.3. The zero-order valence-electron chi connectivity index (χ0n) is 13.4. The first-order chi connectivity index (χ1) is 10.3. The van der Waals surface area contributed by atoms with Crippen molar-refractivity contribution in [3.05, 3.63) is 24.0 Å². The molecule has 1 fully saturated rings. The summed E-state index contributed by atoms with van der Waals surface area (Å²) in [6, 6.07) is 0.187. The molecule has 0 saturated carbocycles. The van der Waals surface area contributed by atoms with Crippen LogP contribution in [0.1, 0.15) is 27.7 Å². The molecule has 2 atom stereocenters. The SMILES string of the molecule is CC1=N[C@H]2C=C(OC3CN(C(=O)OC(C)(C)C)C3)C=C[C@@H]2S1. The lowest BCUT2D eigenvalue weighted by molar-refractivity contribution is -0.0400. The van der Waals surface area contributed by atoms with Gasteiger partial charge >= 0.3 is 6.09 Å². The Labute approximate surface area is 135 Å². The molecule has 6 heteroatoms. The number of thioether (sulfide) groups is 1. The first-order valence-corrected chi connectivity index (χ1v) is 8.44. The molecule has 0 N–H and O–H groups in total. The van der Waals surface area contributed by atoms with E-state index >= 15 is 0 Å². The monoisotopic (exact) mass is 322 g/mol. The number of hydrogen-bond acceptors (Lipinski definition) is 5. The summed E-state index contributed by atoms with van der Waals surface area (Å²) in [5, 5.41) is 1.53. The number of likely N-dealkylation sites (tertiary alicyclic amines) is 1. The third-order valence-electron chi connectivity index (χ3n) is 3.56. The van der Waals surface area contributed by atoms with Crippen LogP contribution in [0.2, 0.25) is 0 Å². The summed E-state index contributed by atoms with van der Waals surface area (Å²) in [6.45, 7) is 8.80. The van der Waals surface area contributed by atoms with Crippen molar-refractivity contribution in [1.82, 2.24) is 4.90 Å². The van der Waals surface area contributed by atoms with E-state index in [9.17, 15) is 4.79 Å². The van der Waals surface area contributed by atoms with Gasteiger partial charge < -0.3 is 14.4 Å². The van der Waals surface area contributed by atoms with Gasteiger partial charge in [-0.3, -0.25) is 4.99 Å². The van der Waals surface area contributed by atoms with Crippen molar-refractivity contribution in [1.29, 1.82) is 0 Å². The molecule has 0 aromatic rings. The first-order valence-electron chi connectivity index (χ1n) is 7.56. The number of carbonyl (C=O) groups excluding carboxylic acids is 1. The molecule has 1 aliphatic carbocycles. The first kappa shape index (κ1) is 15.5. The second-order valence-corrected chi connectivity index (χ2v) is 8.15. The number of nitrogens with zero attached hydrogens (tertiary/aromatic N) is 2. The van der Waals surface area contributed by atoms with Crippen LogP contribution in [-0.2, 0) is 9.47 Å². The van der Waals surface area contributed by atoms with E-state index in [0.717, 1.165) is 10.8 Å². The van der Waals surface area contributed by atoms with E-state index in [2.05, 4.69) is 17.1 Å². The van der Waals surface area contributed by atoms with E-state index in [4.69, 9.17) is 9.47 Å². The molecular formula is C16H22N2O3S. The number of ether oxygens (including phenoxy) is 2. The van der Waals surface area contributed by atoms with Gasteiger partial charge in [0.1, 0.15) is 17.5 Å². The number of rotatable bonds is 2. The number of hydrogen-bond donors (Lipinski definition) is 0. The number of amides is 1. The number of allylic oxidation sites excluding steroid dienone is 1. The molecule has 0 radical (unpaired) electrons. The average molecular weight is 322 g/mol. The van der Waals surface area contributed by atoms with E-state index in [0.29, 0.717) is 18.3 Å². The highest BCUT2D eigenvalue weighted by Gasteiger charge is 2.36. The maximum absolute atomic E-state index is 11.9. The molecule has 3 aliphatic rings. The highest BCUT2D eigenvalue weighted by atomic mass is 32.2. The van der Waals surface area contributed by atoms with Crippen LogP contribution in [0, 0.1) is 0 Å². The summed E-state index contributed by atoms with van der Waals surface area (Å²) in [5.41, 5.74) is -0.456. The van der Waals surface area contributed by atoms with Gasteiger partial charge in [0.15, 0.2) is 0 Å². The van der Waals surface area contributed by atoms with E-state index in [-0.39, 0.29) is 18.2 Å². The minimum atomic E-state index is -0.456. The van der Waals surface area contributed by atoms with Gasteiger partial charge in [0.2, 0.25) is 0 Å². The van der Waals surface area contributed by atoms with Crippen LogP contribution in [-0.4, -0.2) is 52.1 Å². The molecule has 0 aromatic carbocycles. The highest BCUT2D eigenvalue weighted by molar-refractivity contribution is 8.14. The summed E-state index contributed by atoms with van der Waals surface area (Å²) in [6.07, 6.45) is 6.00. The largest absolute Gasteiger partial charge is 0.487 e. The second kappa shape index (κ2) is 5.65. The Hall–Kier alpha value is -1.43. The van der Waals surface area contributed by atoms with Crippen LogP contribution in [0.3, 0.4) is 0 Å². The highest BCUT2D eigenvalue weighted by Crippen LogP contribution is 2.33. The fourth-order valence-corrected chi connectivity index (χ4v) is 3.55. The third-order valence-corrected chi connectivity index (χ3v) is 4.72. The quantitative estimate of drug-likeness (QED) is 0.784. The molecular weight excluding hydrogens is 300 g/mol. The number of carbonyl (C=O) groups is 1. The standard InChI is InChI=1S/C16H22N2O3S/c1-10-17-13-7-11(5-6-14(13)22-10)20-12-8-18(9-12)15(19)21-16(2,3)4/h5-7,12-14H,8-9H2,1-4H3/t13-,14-/m0/s1. The van der Waals surface area contributed by atoms with E-state index < -0.39 is 5.60 Å². The van der Waals surface area contributed by atoms with Gasteiger partial charge in [0.05, 0.1) is 29.4 Å². The average Bonchev–Trinajstić information content (AvgIpc) is 2.70. The Morgan fingerprint density at radius 1 is 1.41 bits per heavy atom. The Bertz CT molecular complexity index is 556. The Morgan fingerprint density at radius 3 is 2.82 bits per heavy atom. The van der Waals surface area contributed by atoms with Crippen molar-refractivity contribution >= 4 is 22.9 Å². The van der Waals surface area contributed by atoms with Crippen molar-refractivity contribution in [2.45, 2.75) is 50.7 Å². The van der Waals surface area contributed by atoms with Crippen molar-refractivity contribution < 1.29 is 14.3 Å². The molecule has 1 saturated heterocycles. The van der Waals surface area contributed by atoms with E-state index in [1.807, 2.05) is 33.8 Å². The molecule has 2 heterocycles. The van der Waals surface area contributed by atoms with Gasteiger partial charge in [-0.15, -0.1) is 11.8 Å². The van der Waals surface area contributed by atoms with Crippen molar-refractivity contribution in [2.24, 2.45) is 4.99 Å². The minimum Gasteiger partial charge on any atom is -0.487 e. The van der Waals surface area contributed by atoms with E-state index in [1.165, 1.54) is 0 Å². The molecule has 0 bridgehead atoms. The Morgan fingerprint density at radius 2 is 2.14 bits per heavy atom. The Kier molecular flexibility index (Phi) is 3.97. The van der Waals surface area contributed by atoms with Crippen molar-refractivity contribution in [3.63, 3.8) is 0 Å². The summed E-state index contributed by atoms with van der Waals surface area (Å²) in [7, 11) is 0. The lowest BCUT2D eigenvalue weighted by atomic mass is 10.1. The fourth-order valence-electron chi connectivity index (χ4n) is 2.54. The molecule has 22 heavy (non-hydrogen) atoms. The predicted octanol–water partition coefficient (Wildman–Crippen LogP) is 2.98. The van der Waals surface area contributed by atoms with Crippen LogP contribution in [0.4, 0.5) is 4.79 Å². The molecule has 3 rings (SSSR count). The van der Waals surface area contributed by atoms with Gasteiger partial charge in [-0.1, -0.05) is 6.08 Å². The minimum absolute atomic E-state index is 0.0408. The molecule has 0 aromatic heterocycles. The summed E-state index contributed by atoms with van der Waals surface area (Å²) >= 11 is 1.79. The maximum atomic E-state index is 11.9. The van der Waals surface area contributed by atoms with E-state index in [1.54, 1.807) is 16.7 Å². The molecule has 120 valence electrons. The van der Waals surface area contributed by atoms with Crippen LogP contribution in [0.5, 0.6) is 0 Å². The zero-order chi connectivity index (χ0) is 15.9. The summed E-state index contributed by atoms with van der Waals surface area (Å²) in [5.74, 6) is 0.856. The van der Waals surface area contributed by atoms with Gasteiger partial charge in [-0.2, -0.15) is 0 Å². The number of fused-ring (bicyclic) bond motifs is 1. The van der Waals surface area contributed by atoms with Crippen LogP contribution in [0.25, 0.3) is 0 Å². The molecule has 0 unspecified atom stereocenters. The van der Waals surface area contributed by atoms with Gasteiger partial charge in [-0.25, -0.2) is 4.79 Å². The smallest absolute Gasteiger partial charge is 0.410 e. The van der Waals surface area contributed by atoms with Crippen molar-refractivity contribution in [2.75, 3.05) is 13.1 Å². The molecule has 0 spiro atoms. The molecule has 2 aliphatic heterocycles. The van der Waals surface area contributed by atoms with Crippen molar-refractivity contribution in [3.8, 4) is 0 Å². The van der Waals surface area contributed by atoms with Crippen LogP contribution in [0.15, 0.2) is 29.0 Å². The molecule has 5 nitrogen and oxygen atoms in total. The fraction of sp³-hybridized carbons (Fsp3) is 0.625. The summed E-state index contributed by atoms with van der Waals surface area (Å²) in [4.78, 5) is 18.1. The normalized spacial score (nSPS) is 27.7. The van der Waals surface area contributed by atoms with Crippen LogP contribution < -0.4 is 0 Å². The van der Waals surface area contributed by atoms with Gasteiger partial charge in [0, 0.05) is 0 Å². The lowest BCUT2D eigenvalue weighted by Gasteiger charge is -2.39. The van der Waals surface area contributed by atoms with Gasteiger partial charge in [0.25, 0.3) is 0 Å². The van der Waals surface area contributed by atoms with Gasteiger partial charge in [-0.05, 0) is 39.8 Å².